The summed E-state index contributed by atoms with van der Waals surface area (Å²) >= 11 is 0. The predicted octanol–water partition coefficient (Wildman–Crippen LogP) is 3.98. The summed E-state index contributed by atoms with van der Waals surface area (Å²) in [6.07, 6.45) is -4.43. The third-order valence-corrected chi connectivity index (χ3v) is 4.05. The fourth-order valence-electron chi connectivity index (χ4n) is 2.52. The normalized spacial score (nSPS) is 10.9. The summed E-state index contributed by atoms with van der Waals surface area (Å²) in [5, 5.41) is 2.63. The van der Waals surface area contributed by atoms with Gasteiger partial charge in [0.25, 0.3) is 5.91 Å². The van der Waals surface area contributed by atoms with Crippen molar-refractivity contribution in [3.8, 4) is 11.1 Å². The van der Waals surface area contributed by atoms with E-state index in [9.17, 15) is 22.4 Å². The minimum Gasteiger partial charge on any atom is -0.351 e. The molecule has 0 aliphatic heterocycles. The fourth-order valence-corrected chi connectivity index (χ4v) is 2.52. The monoisotopic (exact) mass is 455 g/mol. The molecule has 0 aliphatic rings. The molecule has 0 aromatic heterocycles. The zero-order chi connectivity index (χ0) is 20.0. The molecular formula is C19H23Cl2F4N3O. The van der Waals surface area contributed by atoms with Gasteiger partial charge in [-0.25, -0.2) is 4.39 Å². The lowest BCUT2D eigenvalue weighted by Gasteiger charge is -2.15. The Morgan fingerprint density at radius 1 is 1.03 bits per heavy atom. The van der Waals surface area contributed by atoms with Gasteiger partial charge in [0.2, 0.25) is 0 Å². The predicted molar refractivity (Wildman–Crippen MR) is 110 cm³/mol. The lowest BCUT2D eigenvalue weighted by atomic mass is 10.0. The van der Waals surface area contributed by atoms with E-state index in [1.165, 1.54) is 24.3 Å². The molecule has 0 atom stereocenters. The number of benzene rings is 2. The zero-order valence-corrected chi connectivity index (χ0v) is 17.3. The summed E-state index contributed by atoms with van der Waals surface area (Å²) in [7, 11) is 1.85. The molecule has 29 heavy (non-hydrogen) atoms. The Balaban J connectivity index is 0.00000392. The SMILES string of the molecule is CN(CCN)CCNC(=O)c1cc(-c2ccc(C(F)(F)F)cc2)ccc1F.Cl.Cl. The summed E-state index contributed by atoms with van der Waals surface area (Å²) in [6.45, 7) is 2.05. The van der Waals surface area contributed by atoms with Crippen LogP contribution in [0.25, 0.3) is 11.1 Å². The van der Waals surface area contributed by atoms with Gasteiger partial charge in [0.15, 0.2) is 0 Å². The molecule has 4 nitrogen and oxygen atoms in total. The first-order valence-electron chi connectivity index (χ1n) is 8.36. The van der Waals surface area contributed by atoms with Gasteiger partial charge in [-0.05, 0) is 42.4 Å². The van der Waals surface area contributed by atoms with Gasteiger partial charge in [0.05, 0.1) is 11.1 Å². The second kappa shape index (κ2) is 12.0. The highest BCUT2D eigenvalue weighted by molar-refractivity contribution is 5.95. The number of likely N-dealkylation sites (N-methyl/N-ethyl adjacent to an activating group) is 1. The van der Waals surface area contributed by atoms with Gasteiger partial charge in [0, 0.05) is 26.2 Å². The molecule has 0 unspecified atom stereocenters. The Morgan fingerprint density at radius 2 is 1.62 bits per heavy atom. The van der Waals surface area contributed by atoms with Crippen molar-refractivity contribution in [1.82, 2.24) is 10.2 Å². The van der Waals surface area contributed by atoms with Crippen molar-refractivity contribution < 1.29 is 22.4 Å². The molecule has 2 aromatic rings. The Hall–Kier alpha value is -1.87. The van der Waals surface area contributed by atoms with Crippen LogP contribution in [0, 0.1) is 5.82 Å². The average Bonchev–Trinajstić information content (AvgIpc) is 2.61. The zero-order valence-electron chi connectivity index (χ0n) is 15.6. The Kier molecular flexibility index (Phi) is 11.2. The molecule has 3 N–H and O–H groups in total. The maximum Gasteiger partial charge on any atom is 0.416 e. The molecule has 0 fully saturated rings. The molecule has 0 heterocycles. The van der Waals surface area contributed by atoms with Crippen molar-refractivity contribution in [2.45, 2.75) is 6.18 Å². The summed E-state index contributed by atoms with van der Waals surface area (Å²) in [5.41, 5.74) is 5.42. The maximum atomic E-state index is 14.0. The van der Waals surface area contributed by atoms with Gasteiger partial charge in [-0.1, -0.05) is 18.2 Å². The van der Waals surface area contributed by atoms with Crippen molar-refractivity contribution in [2.75, 3.05) is 33.2 Å². The Bertz CT molecular complexity index is 786. The molecule has 2 aromatic carbocycles. The standard InChI is InChI=1S/C19H21F4N3O.2ClH/c1-26(10-8-24)11-9-25-18(27)16-12-14(4-7-17(16)20)13-2-5-15(6-3-13)19(21,22)23;;/h2-7,12H,8-11,24H2,1H3,(H,25,27);2*1H. The van der Waals surface area contributed by atoms with Crippen LogP contribution in [0.4, 0.5) is 17.6 Å². The van der Waals surface area contributed by atoms with Crippen LogP contribution in [-0.4, -0.2) is 44.0 Å². The number of carbonyl (C=O) groups is 1. The average molecular weight is 456 g/mol. The maximum absolute atomic E-state index is 14.0. The lowest BCUT2D eigenvalue weighted by molar-refractivity contribution is -0.137. The number of alkyl halides is 3. The number of nitrogens with one attached hydrogen (secondary N) is 1. The minimum atomic E-state index is -4.43. The number of carbonyl (C=O) groups excluding carboxylic acids is 1. The van der Waals surface area contributed by atoms with Crippen LogP contribution >= 0.6 is 24.8 Å². The quantitative estimate of drug-likeness (QED) is 0.620. The molecule has 10 heteroatoms. The summed E-state index contributed by atoms with van der Waals surface area (Å²) in [4.78, 5) is 14.2. The highest BCUT2D eigenvalue weighted by Gasteiger charge is 2.30. The van der Waals surface area contributed by atoms with Crippen molar-refractivity contribution in [3.05, 3.63) is 59.4 Å². The molecule has 1 amide bonds. The van der Waals surface area contributed by atoms with Crippen molar-refractivity contribution in [2.24, 2.45) is 5.73 Å². The van der Waals surface area contributed by atoms with E-state index < -0.39 is 23.5 Å². The van der Waals surface area contributed by atoms with Crippen LogP contribution in [0.15, 0.2) is 42.5 Å². The smallest absolute Gasteiger partial charge is 0.351 e. The van der Waals surface area contributed by atoms with Crippen molar-refractivity contribution in [3.63, 3.8) is 0 Å². The van der Waals surface area contributed by atoms with Crippen LogP contribution in [-0.2, 0) is 6.18 Å². The summed E-state index contributed by atoms with van der Waals surface area (Å²) < 4.78 is 52.0. The molecule has 0 saturated heterocycles. The number of amides is 1. The largest absolute Gasteiger partial charge is 0.416 e. The fraction of sp³-hybridized carbons (Fsp3) is 0.316. The van der Waals surface area contributed by atoms with Crippen LogP contribution in [0.3, 0.4) is 0 Å². The summed E-state index contributed by atoms with van der Waals surface area (Å²) in [5.74, 6) is -1.28. The van der Waals surface area contributed by atoms with Gasteiger partial charge in [-0.15, -0.1) is 24.8 Å². The van der Waals surface area contributed by atoms with Crippen LogP contribution < -0.4 is 11.1 Å². The van der Waals surface area contributed by atoms with Crippen LogP contribution in [0.1, 0.15) is 15.9 Å². The van der Waals surface area contributed by atoms with E-state index in [4.69, 9.17) is 5.73 Å². The van der Waals surface area contributed by atoms with Crippen molar-refractivity contribution >= 4 is 30.7 Å². The molecule has 2 rings (SSSR count). The van der Waals surface area contributed by atoms with Crippen LogP contribution in [0.5, 0.6) is 0 Å². The van der Waals surface area contributed by atoms with E-state index in [-0.39, 0.29) is 30.4 Å². The second-order valence-corrected chi connectivity index (χ2v) is 6.12. The first kappa shape index (κ1) is 27.1. The van der Waals surface area contributed by atoms with Gasteiger partial charge in [-0.2, -0.15) is 13.2 Å². The topological polar surface area (TPSA) is 58.4 Å². The molecule has 0 bridgehead atoms. The first-order chi connectivity index (χ1) is 12.7. The van der Waals surface area contributed by atoms with Gasteiger partial charge < -0.3 is 16.0 Å². The van der Waals surface area contributed by atoms with E-state index in [2.05, 4.69) is 5.32 Å². The van der Waals surface area contributed by atoms with E-state index >= 15 is 0 Å². The van der Waals surface area contributed by atoms with E-state index in [1.807, 2.05) is 11.9 Å². The minimum absolute atomic E-state index is 0. The van der Waals surface area contributed by atoms with E-state index in [0.29, 0.717) is 37.3 Å². The van der Waals surface area contributed by atoms with Crippen LogP contribution in [0.2, 0.25) is 0 Å². The summed E-state index contributed by atoms with van der Waals surface area (Å²) in [6, 6.07) is 8.36. The van der Waals surface area contributed by atoms with Gasteiger partial charge in [0.1, 0.15) is 5.82 Å². The van der Waals surface area contributed by atoms with Gasteiger partial charge in [-0.3, -0.25) is 4.79 Å². The molecule has 0 radical (unpaired) electrons. The van der Waals surface area contributed by atoms with Crippen molar-refractivity contribution in [1.29, 1.82) is 0 Å². The van der Waals surface area contributed by atoms with E-state index in [1.54, 1.807) is 0 Å². The first-order valence-corrected chi connectivity index (χ1v) is 8.36. The highest BCUT2D eigenvalue weighted by Crippen LogP contribution is 2.31. The number of hydrogen-bond donors (Lipinski definition) is 2. The molecule has 0 aliphatic carbocycles. The Labute approximate surface area is 179 Å². The number of halogens is 6. The lowest BCUT2D eigenvalue weighted by Crippen LogP contribution is -2.35. The molecule has 162 valence electrons. The second-order valence-electron chi connectivity index (χ2n) is 6.12. The molecule has 0 spiro atoms. The number of nitrogens with zero attached hydrogens (tertiary/aromatic N) is 1. The highest BCUT2D eigenvalue weighted by atomic mass is 35.5. The molecular weight excluding hydrogens is 433 g/mol. The number of nitrogens with two attached hydrogens (primary N) is 1. The third kappa shape index (κ3) is 7.81. The van der Waals surface area contributed by atoms with Gasteiger partial charge >= 0.3 is 6.18 Å². The number of rotatable bonds is 7. The number of hydrogen-bond acceptors (Lipinski definition) is 3. The third-order valence-electron chi connectivity index (χ3n) is 4.05. The molecule has 0 saturated carbocycles. The van der Waals surface area contributed by atoms with E-state index in [0.717, 1.165) is 18.2 Å². The Morgan fingerprint density at radius 3 is 2.17 bits per heavy atom.